The Morgan fingerprint density at radius 3 is 2.74 bits per heavy atom. The van der Waals surface area contributed by atoms with Gasteiger partial charge in [-0.25, -0.2) is 0 Å². The number of benzene rings is 1. The van der Waals surface area contributed by atoms with Gasteiger partial charge in [-0.2, -0.15) is 0 Å². The van der Waals surface area contributed by atoms with Crippen LogP contribution in [-0.2, 0) is 5.41 Å². The molecular formula is C16H16O2S. The number of hydrogen-bond acceptors (Lipinski definition) is 3. The van der Waals surface area contributed by atoms with Crippen molar-refractivity contribution in [3.8, 4) is 5.75 Å². The lowest BCUT2D eigenvalue weighted by molar-refractivity contribution is 0.104. The Morgan fingerprint density at radius 2 is 2.05 bits per heavy atom. The van der Waals surface area contributed by atoms with Gasteiger partial charge in [0.2, 0.25) is 5.78 Å². The van der Waals surface area contributed by atoms with Crippen molar-refractivity contribution in [2.24, 2.45) is 0 Å². The third kappa shape index (κ3) is 2.08. The van der Waals surface area contributed by atoms with Crippen molar-refractivity contribution in [2.75, 3.05) is 6.61 Å². The molecule has 0 spiro atoms. The molecule has 0 saturated carbocycles. The summed E-state index contributed by atoms with van der Waals surface area (Å²) in [5.41, 5.74) is 1.86. The monoisotopic (exact) mass is 272 g/mol. The number of aryl methyl sites for hydroxylation is 1. The fourth-order valence-electron chi connectivity index (χ4n) is 2.36. The van der Waals surface area contributed by atoms with Crippen molar-refractivity contribution < 1.29 is 9.53 Å². The van der Waals surface area contributed by atoms with Gasteiger partial charge in [-0.1, -0.05) is 13.8 Å². The molecule has 0 amide bonds. The highest BCUT2D eigenvalue weighted by atomic mass is 32.1. The molecule has 1 aromatic carbocycles. The molecule has 0 unspecified atom stereocenters. The Morgan fingerprint density at radius 1 is 1.26 bits per heavy atom. The molecule has 1 aliphatic rings. The molecule has 0 saturated heterocycles. The fraction of sp³-hybridized carbons (Fsp3) is 0.312. The van der Waals surface area contributed by atoms with Crippen molar-refractivity contribution in [1.29, 1.82) is 0 Å². The van der Waals surface area contributed by atoms with E-state index in [-0.39, 0.29) is 11.2 Å². The second-order valence-corrected chi connectivity index (χ2v) is 6.91. The molecular weight excluding hydrogens is 256 g/mol. The Kier molecular flexibility index (Phi) is 2.75. The third-order valence-corrected chi connectivity index (χ3v) is 4.52. The van der Waals surface area contributed by atoms with Gasteiger partial charge in [-0.3, -0.25) is 4.79 Å². The van der Waals surface area contributed by atoms with E-state index in [1.54, 1.807) is 11.3 Å². The van der Waals surface area contributed by atoms with E-state index in [2.05, 4.69) is 13.8 Å². The Labute approximate surface area is 117 Å². The maximum Gasteiger partial charge on any atom is 0.202 e. The average molecular weight is 272 g/mol. The van der Waals surface area contributed by atoms with Crippen LogP contribution in [0.4, 0.5) is 0 Å². The van der Waals surface area contributed by atoms with Crippen LogP contribution in [0.1, 0.15) is 39.5 Å². The van der Waals surface area contributed by atoms with E-state index in [4.69, 9.17) is 4.74 Å². The van der Waals surface area contributed by atoms with Crippen LogP contribution < -0.4 is 4.74 Å². The Bertz CT molecular complexity index is 653. The van der Waals surface area contributed by atoms with E-state index >= 15 is 0 Å². The highest BCUT2D eigenvalue weighted by Crippen LogP contribution is 2.39. The summed E-state index contributed by atoms with van der Waals surface area (Å²) in [5.74, 6) is 1.01. The lowest BCUT2D eigenvalue weighted by Crippen LogP contribution is -2.18. The smallest absolute Gasteiger partial charge is 0.202 e. The number of hydrogen-bond donors (Lipinski definition) is 0. The molecule has 1 aromatic heterocycles. The van der Waals surface area contributed by atoms with Gasteiger partial charge in [0, 0.05) is 21.4 Å². The van der Waals surface area contributed by atoms with Crippen molar-refractivity contribution in [2.45, 2.75) is 26.2 Å². The predicted octanol–water partition coefficient (Wildman–Crippen LogP) is 3.96. The zero-order chi connectivity index (χ0) is 13.6. The topological polar surface area (TPSA) is 26.3 Å². The Hall–Kier alpha value is -1.61. The summed E-state index contributed by atoms with van der Waals surface area (Å²) in [4.78, 5) is 14.4. The molecule has 2 nitrogen and oxygen atoms in total. The van der Waals surface area contributed by atoms with Crippen LogP contribution in [-0.4, -0.2) is 12.4 Å². The number of rotatable bonds is 2. The van der Waals surface area contributed by atoms with Crippen LogP contribution in [0.2, 0.25) is 0 Å². The minimum Gasteiger partial charge on any atom is -0.492 e. The van der Waals surface area contributed by atoms with Crippen LogP contribution in [0.3, 0.4) is 0 Å². The standard InChI is InChI=1S/C16H16O2S/c1-10-4-7-14(19-10)15(17)11-5-6-13-12(8-11)16(2,3)9-18-13/h4-8H,9H2,1-3H3. The van der Waals surface area contributed by atoms with Gasteiger partial charge in [0.1, 0.15) is 5.75 Å². The minimum atomic E-state index is -0.0169. The fourth-order valence-corrected chi connectivity index (χ4v) is 3.19. The van der Waals surface area contributed by atoms with E-state index < -0.39 is 0 Å². The van der Waals surface area contributed by atoms with E-state index in [9.17, 15) is 4.79 Å². The van der Waals surface area contributed by atoms with Gasteiger partial charge in [0.25, 0.3) is 0 Å². The minimum absolute atomic E-state index is 0.0169. The molecule has 98 valence electrons. The molecule has 0 aliphatic carbocycles. The largest absolute Gasteiger partial charge is 0.492 e. The molecule has 0 bridgehead atoms. The van der Waals surface area contributed by atoms with Gasteiger partial charge in [0.05, 0.1) is 11.5 Å². The second kappa shape index (κ2) is 4.20. The molecule has 3 heteroatoms. The normalized spacial score (nSPS) is 15.9. The summed E-state index contributed by atoms with van der Waals surface area (Å²) in [6.07, 6.45) is 0. The quantitative estimate of drug-likeness (QED) is 0.774. The van der Waals surface area contributed by atoms with Crippen LogP contribution >= 0.6 is 11.3 Å². The molecule has 3 rings (SSSR count). The zero-order valence-electron chi connectivity index (χ0n) is 11.3. The molecule has 2 heterocycles. The average Bonchev–Trinajstić information content (AvgIpc) is 2.93. The second-order valence-electron chi connectivity index (χ2n) is 5.62. The lowest BCUT2D eigenvalue weighted by Gasteiger charge is -2.15. The lowest BCUT2D eigenvalue weighted by atomic mass is 9.86. The molecule has 0 N–H and O–H groups in total. The summed E-state index contributed by atoms with van der Waals surface area (Å²) >= 11 is 1.54. The first-order valence-corrected chi connectivity index (χ1v) is 7.17. The number of fused-ring (bicyclic) bond motifs is 1. The van der Waals surface area contributed by atoms with E-state index in [1.165, 1.54) is 0 Å². The number of carbonyl (C=O) groups excluding carboxylic acids is 1. The predicted molar refractivity (Wildman–Crippen MR) is 77.5 cm³/mol. The summed E-state index contributed by atoms with van der Waals surface area (Å²) in [5, 5.41) is 0. The van der Waals surface area contributed by atoms with Crippen LogP contribution in [0.15, 0.2) is 30.3 Å². The first-order chi connectivity index (χ1) is 8.97. The van der Waals surface area contributed by atoms with Crippen LogP contribution in [0.5, 0.6) is 5.75 Å². The first kappa shape index (κ1) is 12.4. The molecule has 0 fully saturated rings. The van der Waals surface area contributed by atoms with Crippen molar-refractivity contribution in [3.05, 3.63) is 51.2 Å². The summed E-state index contributed by atoms with van der Waals surface area (Å²) < 4.78 is 5.65. The zero-order valence-corrected chi connectivity index (χ0v) is 12.1. The highest BCUT2D eigenvalue weighted by molar-refractivity contribution is 7.14. The van der Waals surface area contributed by atoms with E-state index in [1.807, 2.05) is 37.3 Å². The first-order valence-electron chi connectivity index (χ1n) is 6.36. The van der Waals surface area contributed by atoms with Gasteiger partial charge in [-0.15, -0.1) is 11.3 Å². The summed E-state index contributed by atoms with van der Waals surface area (Å²) in [7, 11) is 0. The molecule has 2 aromatic rings. The number of ether oxygens (including phenoxy) is 1. The van der Waals surface area contributed by atoms with Crippen LogP contribution in [0, 0.1) is 6.92 Å². The number of carbonyl (C=O) groups is 1. The summed E-state index contributed by atoms with van der Waals surface area (Å²) in [6, 6.07) is 9.64. The van der Waals surface area contributed by atoms with E-state index in [0.717, 1.165) is 26.6 Å². The SMILES string of the molecule is Cc1ccc(C(=O)c2ccc3c(c2)C(C)(C)CO3)s1. The van der Waals surface area contributed by atoms with Crippen molar-refractivity contribution in [1.82, 2.24) is 0 Å². The number of thiophene rings is 1. The van der Waals surface area contributed by atoms with Crippen molar-refractivity contribution >= 4 is 17.1 Å². The van der Waals surface area contributed by atoms with E-state index in [0.29, 0.717) is 6.61 Å². The van der Waals surface area contributed by atoms with Crippen LogP contribution in [0.25, 0.3) is 0 Å². The molecule has 0 radical (unpaired) electrons. The number of ketones is 1. The van der Waals surface area contributed by atoms with Gasteiger partial charge in [0.15, 0.2) is 0 Å². The molecule has 0 atom stereocenters. The van der Waals surface area contributed by atoms with Gasteiger partial charge >= 0.3 is 0 Å². The van der Waals surface area contributed by atoms with Gasteiger partial charge in [-0.05, 0) is 37.3 Å². The summed E-state index contributed by atoms with van der Waals surface area (Å²) in [6.45, 7) is 6.98. The third-order valence-electron chi connectivity index (χ3n) is 3.52. The maximum atomic E-state index is 12.4. The van der Waals surface area contributed by atoms with Crippen molar-refractivity contribution in [3.63, 3.8) is 0 Å². The molecule has 19 heavy (non-hydrogen) atoms. The highest BCUT2D eigenvalue weighted by Gasteiger charge is 2.32. The maximum absolute atomic E-state index is 12.4. The Balaban J connectivity index is 2.01. The van der Waals surface area contributed by atoms with Gasteiger partial charge < -0.3 is 4.74 Å². The molecule has 1 aliphatic heterocycles.